The summed E-state index contributed by atoms with van der Waals surface area (Å²) in [7, 11) is -4.47. The standard InChI is InChI=1S/C9H7NO3S2.Na/c11-15(12,13)9-3-1-2-8(10-9)7-4-5-14-6-7;/h1-6H,(H,11,12,13);/q;+1/p-1. The fourth-order valence-electron chi connectivity index (χ4n) is 1.13. The first kappa shape index (κ1) is 13.8. The SMILES string of the molecule is O=S(=O)([O-])c1cccc(-c2ccsc2)n1.[Na+]. The zero-order chi connectivity index (χ0) is 10.9. The van der Waals surface area contributed by atoms with E-state index in [0.29, 0.717) is 5.69 Å². The Kier molecular flexibility index (Phi) is 4.66. The summed E-state index contributed by atoms with van der Waals surface area (Å²) in [5.41, 5.74) is 1.30. The zero-order valence-electron chi connectivity index (χ0n) is 8.45. The summed E-state index contributed by atoms with van der Waals surface area (Å²) in [5, 5.41) is 3.25. The topological polar surface area (TPSA) is 70.1 Å². The summed E-state index contributed by atoms with van der Waals surface area (Å²) in [6.45, 7) is 0. The first-order valence-electron chi connectivity index (χ1n) is 4.03. The molecule has 2 heterocycles. The number of nitrogens with zero attached hydrogens (tertiary/aromatic N) is 1. The summed E-state index contributed by atoms with van der Waals surface area (Å²) in [4.78, 5) is 3.79. The maximum Gasteiger partial charge on any atom is 1.00 e. The molecule has 16 heavy (non-hydrogen) atoms. The molecule has 2 aromatic heterocycles. The molecule has 0 N–H and O–H groups in total. The predicted octanol–water partition coefficient (Wildman–Crippen LogP) is -1.28. The first-order chi connectivity index (χ1) is 7.07. The molecule has 0 unspecified atom stereocenters. The fourth-order valence-corrected chi connectivity index (χ4v) is 2.23. The molecule has 0 amide bonds. The molecule has 0 aliphatic heterocycles. The van der Waals surface area contributed by atoms with Crippen LogP contribution in [0.1, 0.15) is 0 Å². The van der Waals surface area contributed by atoms with Crippen LogP contribution in [0.3, 0.4) is 0 Å². The molecule has 0 radical (unpaired) electrons. The van der Waals surface area contributed by atoms with Crippen LogP contribution in [0.25, 0.3) is 11.3 Å². The van der Waals surface area contributed by atoms with E-state index in [1.165, 1.54) is 23.5 Å². The predicted molar refractivity (Wildman–Crippen MR) is 55.5 cm³/mol. The molecule has 0 spiro atoms. The van der Waals surface area contributed by atoms with Crippen LogP contribution in [0.2, 0.25) is 0 Å². The van der Waals surface area contributed by atoms with Crippen LogP contribution >= 0.6 is 11.3 Å². The van der Waals surface area contributed by atoms with Crippen LogP contribution in [-0.4, -0.2) is 18.0 Å². The van der Waals surface area contributed by atoms with Gasteiger partial charge in [-0.25, -0.2) is 13.4 Å². The molecule has 7 heteroatoms. The molecule has 2 rings (SSSR count). The van der Waals surface area contributed by atoms with Crippen molar-refractivity contribution in [2.24, 2.45) is 0 Å². The smallest absolute Gasteiger partial charge is 0.743 e. The third-order valence-corrected chi connectivity index (χ3v) is 3.22. The summed E-state index contributed by atoms with van der Waals surface area (Å²) in [6, 6.07) is 6.17. The monoisotopic (exact) mass is 263 g/mol. The Hall–Kier alpha value is -0.240. The van der Waals surface area contributed by atoms with Gasteiger partial charge in [-0.3, -0.25) is 0 Å². The van der Waals surface area contributed by atoms with E-state index in [-0.39, 0.29) is 29.6 Å². The van der Waals surface area contributed by atoms with Gasteiger partial charge >= 0.3 is 29.6 Å². The number of rotatable bonds is 2. The van der Waals surface area contributed by atoms with Crippen molar-refractivity contribution in [1.29, 1.82) is 0 Å². The second kappa shape index (κ2) is 5.39. The van der Waals surface area contributed by atoms with Gasteiger partial charge in [0, 0.05) is 10.9 Å². The van der Waals surface area contributed by atoms with Crippen molar-refractivity contribution < 1.29 is 42.5 Å². The minimum Gasteiger partial charge on any atom is -0.743 e. The van der Waals surface area contributed by atoms with Crippen molar-refractivity contribution in [3.63, 3.8) is 0 Å². The van der Waals surface area contributed by atoms with E-state index >= 15 is 0 Å². The van der Waals surface area contributed by atoms with Gasteiger partial charge in [0.25, 0.3) is 0 Å². The molecule has 0 aromatic carbocycles. The second-order valence-electron chi connectivity index (χ2n) is 2.83. The average Bonchev–Trinajstić information content (AvgIpc) is 2.69. The second-order valence-corrected chi connectivity index (χ2v) is 4.93. The van der Waals surface area contributed by atoms with Gasteiger partial charge in [-0.1, -0.05) is 6.07 Å². The summed E-state index contributed by atoms with van der Waals surface area (Å²) in [6.07, 6.45) is 0. The van der Waals surface area contributed by atoms with E-state index in [1.54, 1.807) is 6.07 Å². The number of pyridine rings is 1. The van der Waals surface area contributed by atoms with Crippen molar-refractivity contribution in [2.45, 2.75) is 5.03 Å². The van der Waals surface area contributed by atoms with E-state index in [1.807, 2.05) is 16.8 Å². The van der Waals surface area contributed by atoms with Crippen LogP contribution in [0.15, 0.2) is 40.1 Å². The van der Waals surface area contributed by atoms with E-state index in [4.69, 9.17) is 0 Å². The minimum absolute atomic E-state index is 0. The quantitative estimate of drug-likeness (QED) is 0.500. The number of aromatic nitrogens is 1. The van der Waals surface area contributed by atoms with Crippen molar-refractivity contribution in [2.75, 3.05) is 0 Å². The number of hydrogen-bond donors (Lipinski definition) is 0. The molecule has 0 bridgehead atoms. The van der Waals surface area contributed by atoms with E-state index < -0.39 is 15.1 Å². The molecule has 2 aromatic rings. The minimum atomic E-state index is -4.47. The Bertz CT molecular complexity index is 566. The molecule has 0 aliphatic rings. The Morgan fingerprint density at radius 2 is 2.00 bits per heavy atom. The van der Waals surface area contributed by atoms with Crippen molar-refractivity contribution >= 4 is 21.5 Å². The van der Waals surface area contributed by atoms with E-state index in [0.717, 1.165) is 5.56 Å². The van der Waals surface area contributed by atoms with Crippen LogP contribution in [0.4, 0.5) is 0 Å². The normalized spacial score (nSPS) is 10.8. The van der Waals surface area contributed by atoms with Crippen LogP contribution in [0.5, 0.6) is 0 Å². The largest absolute Gasteiger partial charge is 1.00 e. The molecule has 0 fully saturated rings. The van der Waals surface area contributed by atoms with Crippen LogP contribution in [-0.2, 0) is 10.1 Å². The third kappa shape index (κ3) is 3.13. The van der Waals surface area contributed by atoms with Gasteiger partial charge < -0.3 is 4.55 Å². The molecule has 0 saturated carbocycles. The molecule has 0 atom stereocenters. The van der Waals surface area contributed by atoms with Gasteiger partial charge in [0.2, 0.25) is 0 Å². The zero-order valence-corrected chi connectivity index (χ0v) is 12.1. The molecular weight excluding hydrogens is 257 g/mol. The maximum atomic E-state index is 10.7. The van der Waals surface area contributed by atoms with Gasteiger partial charge in [-0.15, -0.1) is 0 Å². The Labute approximate surface area is 119 Å². The number of thiophene rings is 1. The summed E-state index contributed by atoms with van der Waals surface area (Å²) < 4.78 is 32.2. The Morgan fingerprint density at radius 3 is 2.56 bits per heavy atom. The average molecular weight is 263 g/mol. The van der Waals surface area contributed by atoms with Crippen molar-refractivity contribution in [3.05, 3.63) is 35.0 Å². The fraction of sp³-hybridized carbons (Fsp3) is 0. The summed E-state index contributed by atoms with van der Waals surface area (Å²) >= 11 is 1.48. The third-order valence-electron chi connectivity index (χ3n) is 1.80. The number of hydrogen-bond acceptors (Lipinski definition) is 5. The molecule has 0 saturated heterocycles. The van der Waals surface area contributed by atoms with Gasteiger partial charge in [-0.2, -0.15) is 11.3 Å². The van der Waals surface area contributed by atoms with E-state index in [2.05, 4.69) is 4.98 Å². The van der Waals surface area contributed by atoms with Crippen LogP contribution in [0, 0.1) is 0 Å². The van der Waals surface area contributed by atoms with Crippen molar-refractivity contribution in [3.8, 4) is 11.3 Å². The van der Waals surface area contributed by atoms with Gasteiger partial charge in [0.15, 0.2) is 0 Å². The van der Waals surface area contributed by atoms with Crippen LogP contribution < -0.4 is 29.6 Å². The van der Waals surface area contributed by atoms with E-state index in [9.17, 15) is 13.0 Å². The first-order valence-corrected chi connectivity index (χ1v) is 6.38. The maximum absolute atomic E-state index is 10.7. The van der Waals surface area contributed by atoms with Gasteiger partial charge in [-0.05, 0) is 23.6 Å². The van der Waals surface area contributed by atoms with Crippen molar-refractivity contribution in [1.82, 2.24) is 4.98 Å². The Balaban J connectivity index is 0.00000128. The van der Waals surface area contributed by atoms with Gasteiger partial charge in [0.05, 0.1) is 5.69 Å². The molecule has 78 valence electrons. The molecule has 0 aliphatic carbocycles. The summed E-state index contributed by atoms with van der Waals surface area (Å²) in [5.74, 6) is 0. The Morgan fingerprint density at radius 1 is 1.25 bits per heavy atom. The molecular formula is C9H6NNaO3S2. The van der Waals surface area contributed by atoms with Gasteiger partial charge in [0.1, 0.15) is 15.1 Å². The molecule has 4 nitrogen and oxygen atoms in total.